The first-order chi connectivity index (χ1) is 13.9. The maximum atomic E-state index is 11.4. The lowest BCUT2D eigenvalue weighted by Crippen LogP contribution is -2.40. The molecule has 0 radical (unpaired) electrons. The molecule has 4 atom stereocenters. The van der Waals surface area contributed by atoms with Crippen LogP contribution in [0.15, 0.2) is 34.8 Å². The van der Waals surface area contributed by atoms with Crippen LogP contribution in [0.25, 0.3) is 11.0 Å². The quantitative estimate of drug-likeness (QED) is 0.469. The van der Waals surface area contributed by atoms with E-state index in [4.69, 9.17) is 9.15 Å². The third-order valence-electron chi connectivity index (χ3n) is 6.85. The number of aliphatic hydroxyl groups is 1. The Morgan fingerprint density at radius 3 is 2.72 bits per heavy atom. The van der Waals surface area contributed by atoms with Crippen molar-refractivity contribution in [2.24, 2.45) is 17.8 Å². The molecule has 1 saturated heterocycles. The standard InChI is InChI=1S/C22H26N2O5/c1-22(25,18-11-14-2-3-15(18)10-14)13-20-21(23-6-8-28-9-7-23)17-12-16(24(26)27)4-5-19(17)29-20/h2-5,12,14-15,18,25H,6-11,13H2,1H3/t14-,15-,18+,22-/m0/s1. The van der Waals surface area contributed by atoms with Crippen molar-refractivity contribution in [3.63, 3.8) is 0 Å². The van der Waals surface area contributed by atoms with E-state index in [2.05, 4.69) is 17.1 Å². The first kappa shape index (κ1) is 18.6. The van der Waals surface area contributed by atoms with Gasteiger partial charge in [0.05, 0.1) is 34.8 Å². The van der Waals surface area contributed by atoms with Crippen molar-refractivity contribution < 1.29 is 19.2 Å². The fourth-order valence-electron chi connectivity index (χ4n) is 5.44. The van der Waals surface area contributed by atoms with Gasteiger partial charge in [0.2, 0.25) is 0 Å². The highest BCUT2D eigenvalue weighted by molar-refractivity contribution is 5.94. The summed E-state index contributed by atoms with van der Waals surface area (Å²) in [6, 6.07) is 4.72. The largest absolute Gasteiger partial charge is 0.459 e. The summed E-state index contributed by atoms with van der Waals surface area (Å²) in [6.45, 7) is 4.51. The summed E-state index contributed by atoms with van der Waals surface area (Å²) in [6.07, 6.45) is 7.05. The van der Waals surface area contributed by atoms with Crippen LogP contribution in [0.1, 0.15) is 25.5 Å². The van der Waals surface area contributed by atoms with E-state index < -0.39 is 5.60 Å². The first-order valence-corrected chi connectivity index (χ1v) is 10.4. The minimum absolute atomic E-state index is 0.0457. The van der Waals surface area contributed by atoms with Gasteiger partial charge in [0.15, 0.2) is 0 Å². The monoisotopic (exact) mass is 398 g/mol. The Bertz CT molecular complexity index is 973. The Hall–Kier alpha value is -2.38. The van der Waals surface area contributed by atoms with Crippen LogP contribution in [0.5, 0.6) is 0 Å². The van der Waals surface area contributed by atoms with Crippen molar-refractivity contribution in [3.05, 3.63) is 46.2 Å². The van der Waals surface area contributed by atoms with E-state index >= 15 is 0 Å². The highest BCUT2D eigenvalue weighted by atomic mass is 16.6. The maximum Gasteiger partial charge on any atom is 0.270 e. The van der Waals surface area contributed by atoms with Gasteiger partial charge in [0.1, 0.15) is 11.3 Å². The Kier molecular flexibility index (Phi) is 4.40. The topological polar surface area (TPSA) is 89.0 Å². The second kappa shape index (κ2) is 6.85. The zero-order valence-corrected chi connectivity index (χ0v) is 16.5. The Morgan fingerprint density at radius 2 is 2.07 bits per heavy atom. The number of ether oxygens (including phenoxy) is 1. The zero-order chi connectivity index (χ0) is 20.2. The molecule has 2 heterocycles. The van der Waals surface area contributed by atoms with Crippen LogP contribution >= 0.6 is 0 Å². The number of anilines is 1. The fourth-order valence-corrected chi connectivity index (χ4v) is 5.44. The SMILES string of the molecule is C[C@](O)(Cc1oc2ccc([N+](=O)[O-])cc2c1N1CCOCC1)[C@@H]1C[C@H]2C=C[C@H]1C2. The van der Waals surface area contributed by atoms with E-state index in [1.807, 2.05) is 6.92 Å². The number of hydrogen-bond acceptors (Lipinski definition) is 6. The Balaban J connectivity index is 1.55. The van der Waals surface area contributed by atoms with Gasteiger partial charge in [0.25, 0.3) is 5.69 Å². The van der Waals surface area contributed by atoms with Crippen molar-refractivity contribution >= 4 is 22.3 Å². The molecule has 5 rings (SSSR count). The van der Waals surface area contributed by atoms with Gasteiger partial charge in [-0.25, -0.2) is 0 Å². The molecule has 1 aromatic carbocycles. The van der Waals surface area contributed by atoms with Crippen molar-refractivity contribution in [2.45, 2.75) is 31.8 Å². The Labute approximate surface area is 169 Å². The number of rotatable bonds is 5. The molecular formula is C22H26N2O5. The van der Waals surface area contributed by atoms with E-state index in [9.17, 15) is 15.2 Å². The normalized spacial score (nSPS) is 28.2. The van der Waals surface area contributed by atoms with Crippen molar-refractivity contribution in [1.29, 1.82) is 0 Å². The number of nitrogens with zero attached hydrogens (tertiary/aromatic N) is 2. The van der Waals surface area contributed by atoms with Crippen molar-refractivity contribution in [3.8, 4) is 0 Å². The number of non-ortho nitro benzene ring substituents is 1. The number of nitro groups is 1. The van der Waals surface area contributed by atoms with Crippen LogP contribution in [-0.2, 0) is 11.2 Å². The molecule has 2 aromatic rings. The summed E-state index contributed by atoms with van der Waals surface area (Å²) in [4.78, 5) is 13.1. The molecule has 2 bridgehead atoms. The average molecular weight is 398 g/mol. The van der Waals surface area contributed by atoms with E-state index in [1.165, 1.54) is 6.07 Å². The van der Waals surface area contributed by atoms with E-state index in [0.29, 0.717) is 55.9 Å². The van der Waals surface area contributed by atoms with Gasteiger partial charge >= 0.3 is 0 Å². The smallest absolute Gasteiger partial charge is 0.270 e. The highest BCUT2D eigenvalue weighted by Gasteiger charge is 2.46. The van der Waals surface area contributed by atoms with E-state index in [0.717, 1.165) is 23.9 Å². The molecule has 29 heavy (non-hydrogen) atoms. The third kappa shape index (κ3) is 3.22. The summed E-state index contributed by atoms with van der Waals surface area (Å²) >= 11 is 0. The summed E-state index contributed by atoms with van der Waals surface area (Å²) in [5.74, 6) is 1.91. The molecule has 2 aliphatic carbocycles. The molecule has 2 fully saturated rings. The predicted octanol–water partition coefficient (Wildman–Crippen LogP) is 3.68. The number of morpholine rings is 1. The molecule has 0 spiro atoms. The lowest BCUT2D eigenvalue weighted by Gasteiger charge is -2.35. The van der Waals surface area contributed by atoms with Crippen LogP contribution < -0.4 is 4.90 Å². The molecule has 1 N–H and O–H groups in total. The Morgan fingerprint density at radius 1 is 1.28 bits per heavy atom. The van der Waals surface area contributed by atoms with Crippen LogP contribution in [0.2, 0.25) is 0 Å². The summed E-state index contributed by atoms with van der Waals surface area (Å²) in [5, 5.41) is 23.5. The predicted molar refractivity (Wildman–Crippen MR) is 109 cm³/mol. The highest BCUT2D eigenvalue weighted by Crippen LogP contribution is 2.50. The number of hydrogen-bond donors (Lipinski definition) is 1. The van der Waals surface area contributed by atoms with Gasteiger partial charge in [-0.05, 0) is 43.6 Å². The number of fused-ring (bicyclic) bond motifs is 3. The van der Waals surface area contributed by atoms with Crippen LogP contribution in [0.3, 0.4) is 0 Å². The lowest BCUT2D eigenvalue weighted by atomic mass is 9.77. The number of allylic oxidation sites excluding steroid dienone is 2. The molecule has 7 heteroatoms. The molecule has 1 saturated carbocycles. The molecule has 154 valence electrons. The molecule has 1 aromatic heterocycles. The van der Waals surface area contributed by atoms with Gasteiger partial charge in [-0.3, -0.25) is 10.1 Å². The molecule has 7 nitrogen and oxygen atoms in total. The van der Waals surface area contributed by atoms with Crippen LogP contribution in [-0.4, -0.2) is 41.9 Å². The second-order valence-electron chi connectivity index (χ2n) is 8.83. The number of nitro benzene ring substituents is 1. The van der Waals surface area contributed by atoms with Gasteiger partial charge in [-0.15, -0.1) is 0 Å². The summed E-state index contributed by atoms with van der Waals surface area (Å²) in [7, 11) is 0. The maximum absolute atomic E-state index is 11.4. The molecule has 0 unspecified atom stereocenters. The molecule has 3 aliphatic rings. The van der Waals surface area contributed by atoms with Gasteiger partial charge < -0.3 is 19.2 Å². The van der Waals surface area contributed by atoms with Gasteiger partial charge in [-0.1, -0.05) is 12.2 Å². The second-order valence-corrected chi connectivity index (χ2v) is 8.83. The minimum atomic E-state index is -0.898. The number of furan rings is 1. The average Bonchev–Trinajstić information content (AvgIpc) is 3.41. The first-order valence-electron chi connectivity index (χ1n) is 10.4. The molecular weight excluding hydrogens is 372 g/mol. The summed E-state index contributed by atoms with van der Waals surface area (Å²) in [5.41, 5.74) is 0.636. The summed E-state index contributed by atoms with van der Waals surface area (Å²) < 4.78 is 11.7. The van der Waals surface area contributed by atoms with Gasteiger partial charge in [0, 0.05) is 31.6 Å². The van der Waals surface area contributed by atoms with Crippen molar-refractivity contribution in [1.82, 2.24) is 0 Å². The zero-order valence-electron chi connectivity index (χ0n) is 16.5. The molecule has 1 aliphatic heterocycles. The van der Waals surface area contributed by atoms with E-state index in [1.54, 1.807) is 12.1 Å². The fraction of sp³-hybridized carbons (Fsp3) is 0.545. The lowest BCUT2D eigenvalue weighted by molar-refractivity contribution is -0.384. The third-order valence-corrected chi connectivity index (χ3v) is 6.85. The minimum Gasteiger partial charge on any atom is -0.459 e. The van der Waals surface area contributed by atoms with Gasteiger partial charge in [-0.2, -0.15) is 0 Å². The van der Waals surface area contributed by atoms with Crippen LogP contribution in [0.4, 0.5) is 11.4 Å². The number of benzene rings is 1. The van der Waals surface area contributed by atoms with E-state index in [-0.39, 0.29) is 16.5 Å². The molecule has 0 amide bonds. The van der Waals surface area contributed by atoms with Crippen molar-refractivity contribution in [2.75, 3.05) is 31.2 Å². The van der Waals surface area contributed by atoms with Crippen LogP contribution in [0, 0.1) is 27.9 Å².